The predicted octanol–water partition coefficient (Wildman–Crippen LogP) is 5.77. The van der Waals surface area contributed by atoms with Gasteiger partial charge in [-0.1, -0.05) is 71.3 Å². The van der Waals surface area contributed by atoms with Gasteiger partial charge in [0, 0.05) is 23.8 Å². The van der Waals surface area contributed by atoms with Gasteiger partial charge in [-0.3, -0.25) is 14.2 Å². The molecule has 0 aliphatic carbocycles. The summed E-state index contributed by atoms with van der Waals surface area (Å²) in [7, 11) is 0. The highest BCUT2D eigenvalue weighted by atomic mass is 19.1. The van der Waals surface area contributed by atoms with Gasteiger partial charge >= 0.3 is 18.0 Å². The van der Waals surface area contributed by atoms with Gasteiger partial charge in [0.15, 0.2) is 22.6 Å². The minimum Gasteiger partial charge on any atom is -0.461 e. The average Bonchev–Trinajstić information content (AvgIpc) is 3.55. The van der Waals surface area contributed by atoms with Gasteiger partial charge in [-0.05, 0) is 37.5 Å². The smallest absolute Gasteiger partial charge is 0.312 e. The summed E-state index contributed by atoms with van der Waals surface area (Å²) < 4.78 is 32.8. The second kappa shape index (κ2) is 15.2. The molecule has 2 aromatic heterocycles. The second-order valence-electron chi connectivity index (χ2n) is 13.1. The van der Waals surface area contributed by atoms with Gasteiger partial charge in [0.1, 0.15) is 24.7 Å². The van der Waals surface area contributed by atoms with Gasteiger partial charge in [0.25, 0.3) is 0 Å². The molecule has 0 amide bonds. The molecule has 254 valence electrons. The van der Waals surface area contributed by atoms with Crippen LogP contribution in [0, 0.1) is 32.3 Å². The zero-order valence-corrected chi connectivity index (χ0v) is 28.0. The molecule has 12 heteroatoms. The van der Waals surface area contributed by atoms with Crippen molar-refractivity contribution in [2.75, 3.05) is 12.3 Å². The Morgan fingerprint density at radius 2 is 1.87 bits per heavy atom. The number of aliphatic hydroxyl groups is 1. The Morgan fingerprint density at radius 3 is 2.57 bits per heavy atom. The third-order valence-corrected chi connectivity index (χ3v) is 8.65. The topological polar surface area (TPSA) is 152 Å². The van der Waals surface area contributed by atoms with E-state index in [0.717, 1.165) is 36.0 Å². The highest BCUT2D eigenvalue weighted by molar-refractivity contribution is 5.81. The van der Waals surface area contributed by atoms with Crippen LogP contribution in [0.15, 0.2) is 18.5 Å². The van der Waals surface area contributed by atoms with Gasteiger partial charge in [-0.2, -0.15) is 14.4 Å². The number of fused-ring (bicyclic) bond motifs is 1. The number of anilines is 1. The van der Waals surface area contributed by atoms with E-state index in [0.29, 0.717) is 12.2 Å². The van der Waals surface area contributed by atoms with E-state index in [4.69, 9.17) is 26.4 Å². The Morgan fingerprint density at radius 1 is 1.17 bits per heavy atom. The van der Waals surface area contributed by atoms with E-state index in [2.05, 4.69) is 27.8 Å². The summed E-state index contributed by atoms with van der Waals surface area (Å²) >= 11 is 0. The molecule has 0 radical (unpaired) electrons. The summed E-state index contributed by atoms with van der Waals surface area (Å²) in [5.74, 6) is 1.85. The maximum Gasteiger partial charge on any atom is 0.312 e. The maximum atomic E-state index is 13.9. The molecule has 0 bridgehead atoms. The van der Waals surface area contributed by atoms with Gasteiger partial charge in [0.2, 0.25) is 0 Å². The largest absolute Gasteiger partial charge is 0.461 e. The number of terminal acetylenes is 1. The van der Waals surface area contributed by atoms with Crippen LogP contribution in [0.4, 0.5) is 10.2 Å². The molecule has 0 unspecified atom stereocenters. The first kappa shape index (κ1) is 35.8. The number of hydrogen-bond donors (Lipinski definition) is 2. The number of aryl methyl sites for hydroxylation is 2. The summed E-state index contributed by atoms with van der Waals surface area (Å²) in [6.07, 6.45) is 11.9. The van der Waals surface area contributed by atoms with E-state index < -0.39 is 42.0 Å². The minimum atomic E-state index is -1.67. The summed E-state index contributed by atoms with van der Waals surface area (Å²) in [6.45, 7) is 9.36. The lowest BCUT2D eigenvalue weighted by molar-refractivity contribution is -0.157. The normalized spacial score (nSPS) is 19.5. The van der Waals surface area contributed by atoms with E-state index >= 15 is 0 Å². The highest BCUT2D eigenvalue weighted by Gasteiger charge is 2.49. The molecule has 3 atom stereocenters. The van der Waals surface area contributed by atoms with Gasteiger partial charge in [-0.15, -0.1) is 6.42 Å². The molecule has 4 rings (SSSR count). The SMILES string of the molecule is C#C[C@]1(COC(=O)CC(C)(C)c2c(C)cc(C)cc2OC(=O)CCCCCCCCC)O[C@@H](n2cnc3c(N)nc(F)nc32)C[C@@H]1O. The zero-order valence-electron chi connectivity index (χ0n) is 28.0. The van der Waals surface area contributed by atoms with Crippen molar-refractivity contribution >= 4 is 28.9 Å². The number of aromatic nitrogens is 4. The van der Waals surface area contributed by atoms with Crippen molar-refractivity contribution in [1.29, 1.82) is 0 Å². The summed E-state index contributed by atoms with van der Waals surface area (Å²) in [6, 6.07) is 3.80. The number of nitrogen functional groups attached to an aromatic ring is 1. The van der Waals surface area contributed by atoms with Crippen molar-refractivity contribution in [3.63, 3.8) is 0 Å². The van der Waals surface area contributed by atoms with Crippen LogP contribution in [0.25, 0.3) is 11.2 Å². The Balaban J connectivity index is 1.40. The van der Waals surface area contributed by atoms with Gasteiger partial charge in [-0.25, -0.2) is 4.98 Å². The number of unbranched alkanes of at least 4 members (excludes halogenated alkanes) is 6. The number of ether oxygens (including phenoxy) is 3. The molecular weight excluding hydrogens is 605 g/mol. The molecule has 3 heterocycles. The number of aliphatic hydroxyl groups excluding tert-OH is 1. The third-order valence-electron chi connectivity index (χ3n) is 8.65. The van der Waals surface area contributed by atoms with Crippen molar-refractivity contribution in [3.8, 4) is 18.1 Å². The molecule has 1 aliphatic rings. The third kappa shape index (κ3) is 8.45. The number of esters is 2. The summed E-state index contributed by atoms with van der Waals surface area (Å²) in [4.78, 5) is 37.5. The maximum absolute atomic E-state index is 13.9. The Kier molecular flexibility index (Phi) is 11.6. The summed E-state index contributed by atoms with van der Waals surface area (Å²) in [5, 5.41) is 10.9. The Labute approximate surface area is 275 Å². The van der Waals surface area contributed by atoms with Crippen LogP contribution in [0.3, 0.4) is 0 Å². The van der Waals surface area contributed by atoms with Crippen LogP contribution in [0.1, 0.15) is 108 Å². The number of nitrogens with two attached hydrogens (primary N) is 1. The van der Waals surface area contributed by atoms with E-state index in [1.807, 2.05) is 39.8 Å². The van der Waals surface area contributed by atoms with Crippen molar-refractivity contribution in [1.82, 2.24) is 19.5 Å². The van der Waals surface area contributed by atoms with Crippen molar-refractivity contribution in [2.24, 2.45) is 0 Å². The van der Waals surface area contributed by atoms with Crippen LogP contribution < -0.4 is 10.5 Å². The number of rotatable bonds is 15. The fourth-order valence-corrected chi connectivity index (χ4v) is 6.31. The van der Waals surface area contributed by atoms with Crippen molar-refractivity contribution in [3.05, 3.63) is 41.2 Å². The molecule has 0 spiro atoms. The highest BCUT2D eigenvalue weighted by Crippen LogP contribution is 2.40. The minimum absolute atomic E-state index is 0.000373. The molecule has 47 heavy (non-hydrogen) atoms. The average molecular weight is 652 g/mol. The molecule has 11 nitrogen and oxygen atoms in total. The number of carbonyl (C=O) groups excluding carboxylic acids is 2. The number of benzene rings is 1. The first-order valence-electron chi connectivity index (χ1n) is 16.3. The monoisotopic (exact) mass is 651 g/mol. The van der Waals surface area contributed by atoms with Crippen LogP contribution in [0.5, 0.6) is 5.75 Å². The quantitative estimate of drug-likeness (QED) is 0.0681. The number of nitrogens with zero attached hydrogens (tertiary/aromatic N) is 4. The van der Waals surface area contributed by atoms with Crippen molar-refractivity contribution < 1.29 is 33.3 Å². The molecule has 0 saturated carbocycles. The van der Waals surface area contributed by atoms with E-state index in [-0.39, 0.29) is 35.8 Å². The lowest BCUT2D eigenvalue weighted by Gasteiger charge is -2.30. The van der Waals surface area contributed by atoms with E-state index in [1.165, 1.54) is 36.6 Å². The molecule has 3 N–H and O–H groups in total. The Hall–Kier alpha value is -4.08. The lowest BCUT2D eigenvalue weighted by atomic mass is 9.78. The second-order valence-corrected chi connectivity index (χ2v) is 13.1. The number of hydrogen-bond acceptors (Lipinski definition) is 10. The molecule has 3 aromatic rings. The fraction of sp³-hybridized carbons (Fsp3) is 0.571. The molecular formula is C35H46FN5O6. The van der Waals surface area contributed by atoms with Crippen LogP contribution in [-0.4, -0.2) is 54.9 Å². The number of imidazole rings is 1. The van der Waals surface area contributed by atoms with E-state index in [1.54, 1.807) is 0 Å². The first-order chi connectivity index (χ1) is 22.3. The number of carbonyl (C=O) groups is 2. The fourth-order valence-electron chi connectivity index (χ4n) is 6.31. The molecule has 1 aromatic carbocycles. The van der Waals surface area contributed by atoms with Crippen molar-refractivity contribution in [2.45, 2.75) is 122 Å². The molecule has 1 aliphatic heterocycles. The van der Waals surface area contributed by atoms with Gasteiger partial charge < -0.3 is 25.1 Å². The number of halogens is 1. The lowest BCUT2D eigenvalue weighted by Crippen LogP contribution is -2.43. The van der Waals surface area contributed by atoms with Crippen LogP contribution in [0.2, 0.25) is 0 Å². The standard InChI is InChI=1S/C35H46FN5O6/c1-7-9-10-11-12-13-14-15-27(43)46-24-17-22(3)16-23(4)29(24)34(5,6)19-28(44)45-20-35(8-2)25(42)18-26(47-35)41-21-38-30-31(37)39-33(36)40-32(30)41/h2,16-17,21,25-26,42H,7,9-15,18-20H2,1,3-6H3,(H2,37,39,40)/t25-,26+,35+/m0/s1. The van der Waals surface area contributed by atoms with Crippen LogP contribution >= 0.6 is 0 Å². The first-order valence-corrected chi connectivity index (χ1v) is 16.3. The predicted molar refractivity (Wildman–Crippen MR) is 175 cm³/mol. The van der Waals surface area contributed by atoms with E-state index in [9.17, 15) is 19.1 Å². The Bertz CT molecular complexity index is 1630. The zero-order chi connectivity index (χ0) is 34.4. The summed E-state index contributed by atoms with van der Waals surface area (Å²) in [5.41, 5.74) is 6.11. The molecule has 1 saturated heterocycles. The molecule has 1 fully saturated rings. The van der Waals surface area contributed by atoms with Crippen LogP contribution in [-0.2, 0) is 24.5 Å². The van der Waals surface area contributed by atoms with Gasteiger partial charge in [0.05, 0.1) is 12.7 Å².